The molecule has 0 atom stereocenters. The summed E-state index contributed by atoms with van der Waals surface area (Å²) in [6.45, 7) is 0. The third-order valence-electron chi connectivity index (χ3n) is 0. The van der Waals surface area contributed by atoms with E-state index in [4.69, 9.17) is 34.8 Å². The van der Waals surface area contributed by atoms with Crippen molar-refractivity contribution in [1.29, 1.82) is 0 Å². The van der Waals surface area contributed by atoms with Crippen molar-refractivity contribution in [2.45, 2.75) is 0 Å². The summed E-state index contributed by atoms with van der Waals surface area (Å²) in [5.74, 6) is 0. The molecule has 32 valence electrons. The van der Waals surface area contributed by atoms with Crippen LogP contribution in [-0.4, -0.2) is 0 Å². The molecule has 0 heterocycles. The molecule has 0 bridgehead atoms. The number of halogens is 4. The van der Waals surface area contributed by atoms with Crippen molar-refractivity contribution in [3.8, 4) is 0 Å². The molecule has 0 amide bonds. The van der Waals surface area contributed by atoms with Gasteiger partial charge in [0.1, 0.15) is 0 Å². The predicted octanol–water partition coefficient (Wildman–Crippen LogP) is -0.846. The van der Waals surface area contributed by atoms with Crippen LogP contribution in [0.3, 0.4) is 0 Å². The third-order valence-corrected chi connectivity index (χ3v) is 0. The third kappa shape index (κ3) is 36.4. The first-order chi connectivity index (χ1) is 1.73. The molecular formula is CBrCl3. The summed E-state index contributed by atoms with van der Waals surface area (Å²) < 4.78 is -0.167. The minimum atomic E-state index is -0.167. The maximum atomic E-state index is 4.72. The van der Waals surface area contributed by atoms with Crippen LogP contribution in [0.15, 0.2) is 0 Å². The van der Waals surface area contributed by atoms with E-state index in [0.717, 1.165) is 0 Å². The highest BCUT2D eigenvalue weighted by Gasteiger charge is 2.04. The van der Waals surface area contributed by atoms with Gasteiger partial charge >= 0.3 is 4.30 Å². The molecule has 0 aromatic rings. The van der Waals surface area contributed by atoms with Gasteiger partial charge in [0.15, 0.2) is 34.8 Å². The van der Waals surface area contributed by atoms with Gasteiger partial charge in [-0.2, -0.15) is 0 Å². The average molecular weight is 198 g/mol. The molecule has 0 aliphatic rings. The van der Waals surface area contributed by atoms with Crippen LogP contribution in [0.4, 0.5) is 0 Å². The smallest absolute Gasteiger partial charge is 0.416 e. The van der Waals surface area contributed by atoms with Crippen molar-refractivity contribution < 1.29 is 17.0 Å². The van der Waals surface area contributed by atoms with Gasteiger partial charge in [0.25, 0.3) is 0 Å². The van der Waals surface area contributed by atoms with E-state index in [1.807, 2.05) is 0 Å². The lowest BCUT2D eigenvalue weighted by molar-refractivity contribution is -0.000000599. The van der Waals surface area contributed by atoms with E-state index < -0.39 is 0 Å². The first-order valence-electron chi connectivity index (χ1n) is 0.567. The second-order valence-corrected chi connectivity index (χ2v) is 1.93. The number of rotatable bonds is 0. The van der Waals surface area contributed by atoms with Gasteiger partial charge in [-0.1, -0.05) is 0 Å². The van der Waals surface area contributed by atoms with E-state index in [2.05, 4.69) is 0 Å². The standard InChI is InChI=1S/CCl3.BrH/c2-1(3)4;/h;1H/q+1;/p-1. The zero-order valence-electron chi connectivity index (χ0n) is 2.01. The quantitative estimate of drug-likeness (QED) is 0.445. The Morgan fingerprint density at radius 2 is 1.00 bits per heavy atom. The molecule has 0 aromatic heterocycles. The molecular weight excluding hydrogens is 198 g/mol. The molecule has 0 aliphatic heterocycles. The lowest BCUT2D eigenvalue weighted by atomic mass is 11.9. The van der Waals surface area contributed by atoms with Crippen LogP contribution < -0.4 is 17.0 Å². The Balaban J connectivity index is 0. The van der Waals surface area contributed by atoms with E-state index in [1.165, 1.54) is 0 Å². The molecule has 0 saturated carbocycles. The maximum absolute atomic E-state index is 4.72. The van der Waals surface area contributed by atoms with E-state index in [0.29, 0.717) is 0 Å². The highest BCUT2D eigenvalue weighted by Crippen LogP contribution is 2.15. The molecule has 0 aromatic carbocycles. The van der Waals surface area contributed by atoms with Crippen LogP contribution in [0.5, 0.6) is 0 Å². The van der Waals surface area contributed by atoms with Crippen LogP contribution in [0.1, 0.15) is 0 Å². The van der Waals surface area contributed by atoms with Crippen LogP contribution in [0.2, 0.25) is 0 Å². The molecule has 0 saturated heterocycles. The zero-order chi connectivity index (χ0) is 3.58. The van der Waals surface area contributed by atoms with E-state index in [-0.39, 0.29) is 21.3 Å². The summed E-state index contributed by atoms with van der Waals surface area (Å²) in [7, 11) is 0. The summed E-state index contributed by atoms with van der Waals surface area (Å²) in [5.41, 5.74) is 0. The van der Waals surface area contributed by atoms with Crippen molar-refractivity contribution in [2.24, 2.45) is 0 Å². The monoisotopic (exact) mass is 196 g/mol. The molecule has 4 heteroatoms. The van der Waals surface area contributed by atoms with Gasteiger partial charge in [-0.05, 0) is 0 Å². The Morgan fingerprint density at radius 3 is 1.00 bits per heavy atom. The van der Waals surface area contributed by atoms with Gasteiger partial charge in [0, 0.05) is 0 Å². The molecule has 0 rings (SSSR count). The average Bonchev–Trinajstić information content (AvgIpc) is 0.811. The Morgan fingerprint density at radius 1 is 1.00 bits per heavy atom. The highest BCUT2D eigenvalue weighted by atomic mass is 79.9. The van der Waals surface area contributed by atoms with Gasteiger partial charge in [-0.25, -0.2) is 0 Å². The normalized spacial score (nSPS) is 5.40. The van der Waals surface area contributed by atoms with Crippen LogP contribution >= 0.6 is 34.8 Å². The first kappa shape index (κ1) is 9.52. The van der Waals surface area contributed by atoms with Gasteiger partial charge < -0.3 is 17.0 Å². The van der Waals surface area contributed by atoms with Crippen molar-refractivity contribution in [3.05, 3.63) is 4.30 Å². The van der Waals surface area contributed by atoms with Crippen molar-refractivity contribution in [2.75, 3.05) is 0 Å². The van der Waals surface area contributed by atoms with Gasteiger partial charge in [0.2, 0.25) is 0 Å². The molecule has 0 nitrogen and oxygen atoms in total. The Hall–Kier alpha value is 1.22. The first-order valence-corrected chi connectivity index (χ1v) is 1.70. The molecule has 5 heavy (non-hydrogen) atoms. The highest BCUT2D eigenvalue weighted by molar-refractivity contribution is 6.72. The molecule has 0 fully saturated rings. The maximum Gasteiger partial charge on any atom is 0.416 e. The fourth-order valence-corrected chi connectivity index (χ4v) is 0. The molecule has 0 N–H and O–H groups in total. The fourth-order valence-electron chi connectivity index (χ4n) is 0. The summed E-state index contributed by atoms with van der Waals surface area (Å²) in [6.07, 6.45) is 0. The summed E-state index contributed by atoms with van der Waals surface area (Å²) in [5, 5.41) is 0. The largest absolute Gasteiger partial charge is 1.00 e. The predicted molar refractivity (Wildman–Crippen MR) is 20.8 cm³/mol. The summed E-state index contributed by atoms with van der Waals surface area (Å²) in [6, 6.07) is 0. The van der Waals surface area contributed by atoms with Crippen LogP contribution in [0, 0.1) is 4.30 Å². The fraction of sp³-hybridized carbons (Fsp3) is 0. The summed E-state index contributed by atoms with van der Waals surface area (Å²) in [4.78, 5) is 0. The second kappa shape index (κ2) is 5.22. The van der Waals surface area contributed by atoms with Gasteiger partial charge in [0.05, 0.1) is 0 Å². The lowest BCUT2D eigenvalue weighted by Gasteiger charge is -1.43. The van der Waals surface area contributed by atoms with Crippen molar-refractivity contribution >= 4 is 34.8 Å². The van der Waals surface area contributed by atoms with E-state index >= 15 is 0 Å². The molecule has 0 aliphatic carbocycles. The lowest BCUT2D eigenvalue weighted by Crippen LogP contribution is -3.00. The van der Waals surface area contributed by atoms with E-state index in [1.54, 1.807) is 0 Å². The number of hydrogen-bond acceptors (Lipinski definition) is 0. The van der Waals surface area contributed by atoms with Gasteiger partial charge in [-0.15, -0.1) is 0 Å². The van der Waals surface area contributed by atoms with E-state index in [9.17, 15) is 0 Å². The minimum Gasteiger partial charge on any atom is -1.00 e. The van der Waals surface area contributed by atoms with Crippen molar-refractivity contribution in [3.63, 3.8) is 0 Å². The zero-order valence-corrected chi connectivity index (χ0v) is 5.87. The second-order valence-electron chi connectivity index (χ2n) is 0.214. The van der Waals surface area contributed by atoms with Crippen LogP contribution in [-0.2, 0) is 0 Å². The molecule has 0 radical (unpaired) electrons. The SMILES string of the molecule is Cl[C+](Cl)Cl.[Br-]. The minimum absolute atomic E-state index is 0. The number of hydrogen-bond donors (Lipinski definition) is 0. The van der Waals surface area contributed by atoms with Crippen molar-refractivity contribution in [1.82, 2.24) is 0 Å². The molecule has 0 spiro atoms. The topological polar surface area (TPSA) is 0 Å². The molecule has 0 unspecified atom stereocenters. The summed E-state index contributed by atoms with van der Waals surface area (Å²) >= 11 is 14.2. The van der Waals surface area contributed by atoms with Crippen LogP contribution in [0.25, 0.3) is 0 Å². The van der Waals surface area contributed by atoms with Gasteiger partial charge in [-0.3, -0.25) is 0 Å². The Kier molecular flexibility index (Phi) is 9.94. The Labute approximate surface area is 56.2 Å². The Bertz CT molecular complexity index is 11.6.